The van der Waals surface area contributed by atoms with E-state index in [0.29, 0.717) is 12.5 Å². The van der Waals surface area contributed by atoms with E-state index >= 15 is 0 Å². The van der Waals surface area contributed by atoms with E-state index < -0.39 is 6.10 Å². The molecule has 1 aliphatic rings. The number of nitrogens with zero attached hydrogens (tertiary/aromatic N) is 1. The lowest BCUT2D eigenvalue weighted by Crippen LogP contribution is -2.50. The normalized spacial score (nSPS) is 19.2. The third-order valence-corrected chi connectivity index (χ3v) is 2.73. The summed E-state index contributed by atoms with van der Waals surface area (Å²) in [6, 6.07) is 7.58. The zero-order valence-corrected chi connectivity index (χ0v) is 10.2. The quantitative estimate of drug-likeness (QED) is 0.860. The Morgan fingerprint density at radius 2 is 2.12 bits per heavy atom. The second-order valence-corrected chi connectivity index (χ2v) is 4.65. The van der Waals surface area contributed by atoms with Crippen molar-refractivity contribution in [3.63, 3.8) is 0 Å². The van der Waals surface area contributed by atoms with Gasteiger partial charge >= 0.3 is 0 Å². The summed E-state index contributed by atoms with van der Waals surface area (Å²) in [5.41, 5.74) is 6.41. The van der Waals surface area contributed by atoms with Crippen LogP contribution in [0.5, 0.6) is 5.75 Å². The molecule has 0 aliphatic carbocycles. The highest BCUT2D eigenvalue weighted by atomic mass is 16.5. The maximum absolute atomic E-state index is 12.2. The second kappa shape index (κ2) is 4.75. The lowest BCUT2D eigenvalue weighted by molar-refractivity contribution is -0.126. The highest BCUT2D eigenvalue weighted by Gasteiger charge is 2.33. The average Bonchev–Trinajstić information content (AvgIpc) is 2.32. The molecule has 1 amide bonds. The number of fused-ring (bicyclic) bond motifs is 1. The molecule has 1 aromatic rings. The van der Waals surface area contributed by atoms with Gasteiger partial charge in [0.1, 0.15) is 5.75 Å². The van der Waals surface area contributed by atoms with Crippen molar-refractivity contribution in [1.82, 2.24) is 0 Å². The zero-order chi connectivity index (χ0) is 12.4. The van der Waals surface area contributed by atoms with Crippen LogP contribution in [0.15, 0.2) is 24.3 Å². The standard InChI is InChI=1S/C13H18N2O2/c1-9(2)8-15-10-5-3-4-6-11(10)17-12(7-14)13(15)16/h3-6,9,12H,7-8,14H2,1-2H3. The van der Waals surface area contributed by atoms with Gasteiger partial charge in [0.15, 0.2) is 6.10 Å². The molecule has 1 atom stereocenters. The summed E-state index contributed by atoms with van der Waals surface area (Å²) in [7, 11) is 0. The molecule has 0 aromatic heterocycles. The molecule has 2 rings (SSSR count). The van der Waals surface area contributed by atoms with Crippen molar-refractivity contribution in [2.75, 3.05) is 18.0 Å². The fraction of sp³-hybridized carbons (Fsp3) is 0.462. The number of anilines is 1. The highest BCUT2D eigenvalue weighted by Crippen LogP contribution is 2.33. The molecular weight excluding hydrogens is 216 g/mol. The van der Waals surface area contributed by atoms with Crippen LogP contribution in [0, 0.1) is 5.92 Å². The number of hydrogen-bond acceptors (Lipinski definition) is 3. The van der Waals surface area contributed by atoms with E-state index in [9.17, 15) is 4.79 Å². The van der Waals surface area contributed by atoms with Gasteiger partial charge in [0.05, 0.1) is 5.69 Å². The molecule has 17 heavy (non-hydrogen) atoms. The Morgan fingerprint density at radius 3 is 2.76 bits per heavy atom. The summed E-state index contributed by atoms with van der Waals surface area (Å²) in [5.74, 6) is 1.10. The van der Waals surface area contributed by atoms with Gasteiger partial charge in [-0.05, 0) is 18.1 Å². The number of carbonyl (C=O) groups excluding carboxylic acids is 1. The Labute approximate surface area is 101 Å². The lowest BCUT2D eigenvalue weighted by Gasteiger charge is -2.34. The number of para-hydroxylation sites is 2. The lowest BCUT2D eigenvalue weighted by atomic mass is 10.1. The van der Waals surface area contributed by atoms with Crippen LogP contribution in [0.1, 0.15) is 13.8 Å². The van der Waals surface area contributed by atoms with Gasteiger partial charge in [-0.25, -0.2) is 0 Å². The summed E-state index contributed by atoms with van der Waals surface area (Å²) in [6.45, 7) is 5.07. The molecule has 0 fully saturated rings. The monoisotopic (exact) mass is 234 g/mol. The molecular formula is C13H18N2O2. The maximum atomic E-state index is 12.2. The molecule has 0 spiro atoms. The van der Waals surface area contributed by atoms with Crippen LogP contribution in [0.25, 0.3) is 0 Å². The first-order valence-corrected chi connectivity index (χ1v) is 5.90. The van der Waals surface area contributed by atoms with E-state index in [1.807, 2.05) is 24.3 Å². The fourth-order valence-corrected chi connectivity index (χ4v) is 1.98. The van der Waals surface area contributed by atoms with Gasteiger partial charge in [-0.3, -0.25) is 4.79 Å². The van der Waals surface area contributed by atoms with Crippen molar-refractivity contribution >= 4 is 11.6 Å². The van der Waals surface area contributed by atoms with Crippen molar-refractivity contribution in [1.29, 1.82) is 0 Å². The molecule has 0 saturated heterocycles. The topological polar surface area (TPSA) is 55.6 Å². The van der Waals surface area contributed by atoms with Gasteiger partial charge < -0.3 is 15.4 Å². The predicted molar refractivity (Wildman–Crippen MR) is 67.1 cm³/mol. The number of rotatable bonds is 3. The van der Waals surface area contributed by atoms with Crippen LogP contribution < -0.4 is 15.4 Å². The molecule has 1 aliphatic heterocycles. The molecule has 0 bridgehead atoms. The van der Waals surface area contributed by atoms with Crippen molar-refractivity contribution in [3.05, 3.63) is 24.3 Å². The molecule has 1 heterocycles. The van der Waals surface area contributed by atoms with Crippen LogP contribution in [0.4, 0.5) is 5.69 Å². The molecule has 2 N–H and O–H groups in total. The third-order valence-electron chi connectivity index (χ3n) is 2.73. The van der Waals surface area contributed by atoms with Crippen molar-refractivity contribution in [3.8, 4) is 5.75 Å². The number of amides is 1. The molecule has 1 unspecified atom stereocenters. The van der Waals surface area contributed by atoms with Crippen LogP contribution in [0.3, 0.4) is 0 Å². The molecule has 4 heteroatoms. The van der Waals surface area contributed by atoms with Crippen molar-refractivity contribution in [2.24, 2.45) is 11.7 Å². The molecule has 1 aromatic carbocycles. The Bertz CT molecular complexity index is 418. The van der Waals surface area contributed by atoms with Crippen LogP contribution in [-0.2, 0) is 4.79 Å². The minimum atomic E-state index is -0.552. The van der Waals surface area contributed by atoms with Crippen molar-refractivity contribution < 1.29 is 9.53 Å². The van der Waals surface area contributed by atoms with Gasteiger partial charge in [-0.1, -0.05) is 26.0 Å². The third kappa shape index (κ3) is 2.26. The number of ether oxygens (including phenoxy) is 1. The second-order valence-electron chi connectivity index (χ2n) is 4.65. The SMILES string of the molecule is CC(C)CN1C(=O)C(CN)Oc2ccccc21. The summed E-state index contributed by atoms with van der Waals surface area (Å²) in [4.78, 5) is 14.0. The molecule has 0 saturated carbocycles. The zero-order valence-electron chi connectivity index (χ0n) is 10.2. The van der Waals surface area contributed by atoms with E-state index in [1.54, 1.807) is 4.90 Å². The highest BCUT2D eigenvalue weighted by molar-refractivity contribution is 6.00. The summed E-state index contributed by atoms with van der Waals surface area (Å²) in [5, 5.41) is 0. The van der Waals surface area contributed by atoms with E-state index in [0.717, 1.165) is 11.4 Å². The summed E-state index contributed by atoms with van der Waals surface area (Å²) in [6.07, 6.45) is -0.552. The Hall–Kier alpha value is -1.55. The van der Waals surface area contributed by atoms with E-state index in [1.165, 1.54) is 0 Å². The van der Waals surface area contributed by atoms with E-state index in [4.69, 9.17) is 10.5 Å². The number of hydrogen-bond donors (Lipinski definition) is 1. The van der Waals surface area contributed by atoms with Gasteiger partial charge in [-0.2, -0.15) is 0 Å². The summed E-state index contributed by atoms with van der Waals surface area (Å²) >= 11 is 0. The first-order valence-electron chi connectivity index (χ1n) is 5.90. The average molecular weight is 234 g/mol. The smallest absolute Gasteiger partial charge is 0.269 e. The first kappa shape index (κ1) is 11.9. The van der Waals surface area contributed by atoms with Crippen LogP contribution in [0.2, 0.25) is 0 Å². The minimum Gasteiger partial charge on any atom is -0.477 e. The Morgan fingerprint density at radius 1 is 1.41 bits per heavy atom. The largest absolute Gasteiger partial charge is 0.477 e. The molecule has 92 valence electrons. The van der Waals surface area contributed by atoms with E-state index in [2.05, 4.69) is 13.8 Å². The van der Waals surface area contributed by atoms with Gasteiger partial charge in [0.25, 0.3) is 5.91 Å². The van der Waals surface area contributed by atoms with E-state index in [-0.39, 0.29) is 12.5 Å². The van der Waals surface area contributed by atoms with Gasteiger partial charge in [-0.15, -0.1) is 0 Å². The minimum absolute atomic E-state index is 0.0418. The number of benzene rings is 1. The Balaban J connectivity index is 2.37. The molecule has 4 nitrogen and oxygen atoms in total. The predicted octanol–water partition coefficient (Wildman–Crippen LogP) is 1.40. The van der Waals surface area contributed by atoms with Crippen LogP contribution in [-0.4, -0.2) is 25.1 Å². The summed E-state index contributed by atoms with van der Waals surface area (Å²) < 4.78 is 5.59. The van der Waals surface area contributed by atoms with Gasteiger partial charge in [0, 0.05) is 13.1 Å². The Kier molecular flexibility index (Phi) is 3.33. The number of carbonyl (C=O) groups is 1. The maximum Gasteiger partial charge on any atom is 0.269 e. The van der Waals surface area contributed by atoms with Crippen LogP contribution >= 0.6 is 0 Å². The first-order chi connectivity index (χ1) is 8.13. The number of nitrogens with two attached hydrogens (primary N) is 1. The molecule has 0 radical (unpaired) electrons. The van der Waals surface area contributed by atoms with Crippen molar-refractivity contribution in [2.45, 2.75) is 20.0 Å². The fourth-order valence-electron chi connectivity index (χ4n) is 1.98. The van der Waals surface area contributed by atoms with Gasteiger partial charge in [0.2, 0.25) is 0 Å².